The fraction of sp³-hybridized carbons (Fsp3) is 0.526. The first-order valence-electron chi connectivity index (χ1n) is 8.36. The van der Waals surface area contributed by atoms with Crippen molar-refractivity contribution in [3.8, 4) is 0 Å². The summed E-state index contributed by atoms with van der Waals surface area (Å²) in [6, 6.07) is 12.7. The van der Waals surface area contributed by atoms with Crippen molar-refractivity contribution in [2.75, 3.05) is 6.61 Å². The van der Waals surface area contributed by atoms with Crippen molar-refractivity contribution in [3.63, 3.8) is 0 Å². The summed E-state index contributed by atoms with van der Waals surface area (Å²) >= 11 is 0. The van der Waals surface area contributed by atoms with Gasteiger partial charge in [-0.05, 0) is 31.4 Å². The van der Waals surface area contributed by atoms with E-state index in [2.05, 4.69) is 36.4 Å². The SMILES string of the molecule is OCCCCCCCCCCc1ccc2ccccc2n1. The Morgan fingerprint density at radius 2 is 1.38 bits per heavy atom. The van der Waals surface area contributed by atoms with E-state index < -0.39 is 0 Å². The number of aryl methyl sites for hydroxylation is 1. The number of fused-ring (bicyclic) bond motifs is 1. The smallest absolute Gasteiger partial charge is 0.0705 e. The number of hydrogen-bond acceptors (Lipinski definition) is 2. The van der Waals surface area contributed by atoms with Crippen LogP contribution in [0, 0.1) is 0 Å². The van der Waals surface area contributed by atoms with E-state index in [1.165, 1.54) is 56.0 Å². The fourth-order valence-electron chi connectivity index (χ4n) is 2.73. The van der Waals surface area contributed by atoms with E-state index in [9.17, 15) is 0 Å². The first kappa shape index (κ1) is 16.0. The minimum Gasteiger partial charge on any atom is -0.396 e. The summed E-state index contributed by atoms with van der Waals surface area (Å²) < 4.78 is 0. The lowest BCUT2D eigenvalue weighted by Gasteiger charge is -2.04. The molecule has 0 bridgehead atoms. The third-order valence-electron chi connectivity index (χ3n) is 4.00. The van der Waals surface area contributed by atoms with Crippen LogP contribution in [0.5, 0.6) is 0 Å². The summed E-state index contributed by atoms with van der Waals surface area (Å²) in [5.41, 5.74) is 2.33. The summed E-state index contributed by atoms with van der Waals surface area (Å²) in [5, 5.41) is 9.93. The molecule has 0 aliphatic heterocycles. The minimum atomic E-state index is 0.346. The molecule has 0 spiro atoms. The van der Waals surface area contributed by atoms with Crippen LogP contribution in [0.2, 0.25) is 0 Å². The van der Waals surface area contributed by atoms with Gasteiger partial charge in [-0.1, -0.05) is 62.8 Å². The maximum absolute atomic E-state index is 8.71. The van der Waals surface area contributed by atoms with Crippen LogP contribution in [0.4, 0.5) is 0 Å². The van der Waals surface area contributed by atoms with Gasteiger partial charge in [-0.25, -0.2) is 0 Å². The molecule has 0 radical (unpaired) electrons. The Labute approximate surface area is 128 Å². The van der Waals surface area contributed by atoms with Crippen LogP contribution < -0.4 is 0 Å². The Morgan fingerprint density at radius 3 is 2.14 bits per heavy atom. The molecule has 0 aliphatic rings. The van der Waals surface area contributed by atoms with Crippen LogP contribution >= 0.6 is 0 Å². The Hall–Kier alpha value is -1.41. The molecule has 0 atom stereocenters. The second-order valence-corrected chi connectivity index (χ2v) is 5.80. The highest BCUT2D eigenvalue weighted by molar-refractivity contribution is 5.78. The maximum Gasteiger partial charge on any atom is 0.0705 e. The quantitative estimate of drug-likeness (QED) is 0.630. The number of rotatable bonds is 10. The minimum absolute atomic E-state index is 0.346. The van der Waals surface area contributed by atoms with E-state index in [0.717, 1.165) is 18.4 Å². The lowest BCUT2D eigenvalue weighted by molar-refractivity contribution is 0.282. The first-order chi connectivity index (χ1) is 10.4. The van der Waals surface area contributed by atoms with E-state index in [1.54, 1.807) is 0 Å². The molecule has 21 heavy (non-hydrogen) atoms. The van der Waals surface area contributed by atoms with Crippen molar-refractivity contribution in [1.82, 2.24) is 4.98 Å². The Kier molecular flexibility index (Phi) is 7.23. The molecule has 1 aromatic heterocycles. The number of benzene rings is 1. The standard InChI is InChI=1S/C19H27NO/c21-16-10-6-4-2-1-3-5-7-12-18-15-14-17-11-8-9-13-19(17)20-18/h8-9,11,13-15,21H,1-7,10,12,16H2. The van der Waals surface area contributed by atoms with Crippen LogP contribution in [0.3, 0.4) is 0 Å². The van der Waals surface area contributed by atoms with Gasteiger partial charge in [0.15, 0.2) is 0 Å². The van der Waals surface area contributed by atoms with E-state index >= 15 is 0 Å². The molecule has 2 heteroatoms. The van der Waals surface area contributed by atoms with Crippen molar-refractivity contribution in [2.24, 2.45) is 0 Å². The summed E-state index contributed by atoms with van der Waals surface area (Å²) in [4.78, 5) is 4.72. The van der Waals surface area contributed by atoms with Gasteiger partial charge in [0, 0.05) is 17.7 Å². The van der Waals surface area contributed by atoms with Gasteiger partial charge >= 0.3 is 0 Å². The summed E-state index contributed by atoms with van der Waals surface area (Å²) in [6.45, 7) is 0.346. The van der Waals surface area contributed by atoms with Crippen molar-refractivity contribution >= 4 is 10.9 Å². The van der Waals surface area contributed by atoms with Gasteiger partial charge in [0.25, 0.3) is 0 Å². The maximum atomic E-state index is 8.71. The monoisotopic (exact) mass is 285 g/mol. The predicted octanol–water partition coefficient (Wildman–Crippen LogP) is 4.89. The normalized spacial score (nSPS) is 11.1. The Bertz CT molecular complexity index is 524. The zero-order valence-electron chi connectivity index (χ0n) is 12.9. The van der Waals surface area contributed by atoms with E-state index in [4.69, 9.17) is 10.1 Å². The zero-order chi connectivity index (χ0) is 14.8. The second kappa shape index (κ2) is 9.51. The van der Waals surface area contributed by atoms with Crippen LogP contribution in [-0.2, 0) is 6.42 Å². The topological polar surface area (TPSA) is 33.1 Å². The lowest BCUT2D eigenvalue weighted by Crippen LogP contribution is -1.91. The molecule has 1 N–H and O–H groups in total. The molecule has 2 rings (SSSR count). The molecule has 114 valence electrons. The summed E-state index contributed by atoms with van der Waals surface area (Å²) in [5.74, 6) is 0. The van der Waals surface area contributed by atoms with Crippen LogP contribution in [0.15, 0.2) is 36.4 Å². The third-order valence-corrected chi connectivity index (χ3v) is 4.00. The number of aliphatic hydroxyl groups excluding tert-OH is 1. The largest absolute Gasteiger partial charge is 0.396 e. The highest BCUT2D eigenvalue weighted by Gasteiger charge is 1.98. The Balaban J connectivity index is 1.59. The van der Waals surface area contributed by atoms with Crippen LogP contribution in [0.1, 0.15) is 57.1 Å². The van der Waals surface area contributed by atoms with Gasteiger partial charge in [0.2, 0.25) is 0 Å². The molecule has 0 aliphatic carbocycles. The van der Waals surface area contributed by atoms with Gasteiger partial charge in [-0.15, -0.1) is 0 Å². The summed E-state index contributed by atoms with van der Waals surface area (Å²) in [7, 11) is 0. The van der Waals surface area contributed by atoms with Gasteiger partial charge in [-0.3, -0.25) is 4.98 Å². The predicted molar refractivity (Wildman–Crippen MR) is 89.5 cm³/mol. The average molecular weight is 285 g/mol. The van der Waals surface area contributed by atoms with Crippen molar-refractivity contribution < 1.29 is 5.11 Å². The van der Waals surface area contributed by atoms with Gasteiger partial charge in [0.05, 0.1) is 5.52 Å². The molecule has 0 unspecified atom stereocenters. The molecule has 2 nitrogen and oxygen atoms in total. The average Bonchev–Trinajstić information content (AvgIpc) is 2.53. The van der Waals surface area contributed by atoms with E-state index in [-0.39, 0.29) is 0 Å². The number of aliphatic hydroxyl groups is 1. The molecule has 0 saturated carbocycles. The van der Waals surface area contributed by atoms with Gasteiger partial charge < -0.3 is 5.11 Å². The van der Waals surface area contributed by atoms with Gasteiger partial charge in [-0.2, -0.15) is 0 Å². The van der Waals surface area contributed by atoms with Crippen molar-refractivity contribution in [2.45, 2.75) is 57.8 Å². The van der Waals surface area contributed by atoms with Crippen LogP contribution in [0.25, 0.3) is 10.9 Å². The van der Waals surface area contributed by atoms with Crippen LogP contribution in [-0.4, -0.2) is 16.7 Å². The number of pyridine rings is 1. The highest BCUT2D eigenvalue weighted by Crippen LogP contribution is 2.14. The number of unbranched alkanes of at least 4 members (excludes halogenated alkanes) is 7. The second-order valence-electron chi connectivity index (χ2n) is 5.80. The van der Waals surface area contributed by atoms with Crippen molar-refractivity contribution in [3.05, 3.63) is 42.1 Å². The molecule has 0 fully saturated rings. The Morgan fingerprint density at radius 1 is 0.714 bits per heavy atom. The van der Waals surface area contributed by atoms with E-state index in [1.807, 2.05) is 0 Å². The zero-order valence-corrected chi connectivity index (χ0v) is 12.9. The molecular weight excluding hydrogens is 258 g/mol. The number of hydrogen-bond donors (Lipinski definition) is 1. The molecule has 0 saturated heterocycles. The summed E-state index contributed by atoms with van der Waals surface area (Å²) in [6.07, 6.45) is 11.0. The molecule has 1 aromatic carbocycles. The number of nitrogens with zero attached hydrogens (tertiary/aromatic N) is 1. The first-order valence-corrected chi connectivity index (χ1v) is 8.36. The lowest BCUT2D eigenvalue weighted by atomic mass is 10.1. The van der Waals surface area contributed by atoms with Gasteiger partial charge in [0.1, 0.15) is 0 Å². The molecule has 0 amide bonds. The fourth-order valence-corrected chi connectivity index (χ4v) is 2.73. The highest BCUT2D eigenvalue weighted by atomic mass is 16.2. The molecular formula is C19H27NO. The number of aromatic nitrogens is 1. The number of para-hydroxylation sites is 1. The molecule has 2 aromatic rings. The van der Waals surface area contributed by atoms with E-state index in [0.29, 0.717) is 6.61 Å². The molecule has 1 heterocycles. The third kappa shape index (κ3) is 5.84. The van der Waals surface area contributed by atoms with Crippen molar-refractivity contribution in [1.29, 1.82) is 0 Å².